The van der Waals surface area contributed by atoms with Gasteiger partial charge in [-0.3, -0.25) is 9.59 Å². The van der Waals surface area contributed by atoms with Gasteiger partial charge in [0, 0.05) is 41.4 Å². The van der Waals surface area contributed by atoms with Gasteiger partial charge in [-0.05, 0) is 74.9 Å². The van der Waals surface area contributed by atoms with Crippen LogP contribution in [0.2, 0.25) is 0 Å². The number of aryl methyl sites for hydroxylation is 1. The number of carbonyl (C=O) groups is 2. The first kappa shape index (κ1) is 23.4. The first-order valence-electron chi connectivity index (χ1n) is 10.6. The monoisotopic (exact) mass is 442 g/mol. The molecule has 0 aliphatic heterocycles. The highest BCUT2D eigenvalue weighted by Crippen LogP contribution is 2.24. The first-order chi connectivity index (χ1) is 15.8. The van der Waals surface area contributed by atoms with Crippen LogP contribution in [0.5, 0.6) is 5.75 Å². The molecular formula is C26H26N4O3. The fraction of sp³-hybridized carbons (Fsp3) is 0.192. The van der Waals surface area contributed by atoms with Crippen LogP contribution in [0.15, 0.2) is 60.2 Å². The van der Waals surface area contributed by atoms with Crippen molar-refractivity contribution in [1.82, 2.24) is 4.57 Å². The van der Waals surface area contributed by atoms with Crippen LogP contribution in [0.4, 0.5) is 11.4 Å². The van der Waals surface area contributed by atoms with Gasteiger partial charge in [-0.2, -0.15) is 5.26 Å². The summed E-state index contributed by atoms with van der Waals surface area (Å²) < 4.78 is 7.49. The van der Waals surface area contributed by atoms with Crippen molar-refractivity contribution in [2.45, 2.75) is 27.7 Å². The molecule has 3 aromatic rings. The van der Waals surface area contributed by atoms with Crippen molar-refractivity contribution in [1.29, 1.82) is 5.26 Å². The van der Waals surface area contributed by atoms with Gasteiger partial charge in [0.25, 0.3) is 5.91 Å². The lowest BCUT2D eigenvalue weighted by atomic mass is 10.1. The molecule has 0 spiro atoms. The highest BCUT2D eigenvalue weighted by molar-refractivity contribution is 6.09. The van der Waals surface area contributed by atoms with Crippen LogP contribution in [0.25, 0.3) is 11.8 Å². The number of hydrogen-bond acceptors (Lipinski definition) is 4. The van der Waals surface area contributed by atoms with Gasteiger partial charge in [0.15, 0.2) is 0 Å². The summed E-state index contributed by atoms with van der Waals surface area (Å²) in [4.78, 5) is 24.0. The van der Waals surface area contributed by atoms with Gasteiger partial charge in [-0.25, -0.2) is 0 Å². The molecule has 2 aromatic carbocycles. The molecule has 0 atom stereocenters. The largest absolute Gasteiger partial charge is 0.494 e. The summed E-state index contributed by atoms with van der Waals surface area (Å²) >= 11 is 0. The Bertz CT molecular complexity index is 1250. The topological polar surface area (TPSA) is 96.2 Å². The number of anilines is 2. The molecule has 0 saturated carbocycles. The lowest BCUT2D eigenvalue weighted by molar-refractivity contribution is -0.114. The molecule has 7 heteroatoms. The SMILES string of the molecule is CCOc1cccc(NC(=O)C(C#N)=Cc2cc(C)n(-c3ccc(NC(C)=O)cc3)c2C)c1. The third-order valence-corrected chi connectivity index (χ3v) is 4.98. The van der Waals surface area contributed by atoms with Crippen LogP contribution in [-0.4, -0.2) is 23.0 Å². The number of aromatic nitrogens is 1. The van der Waals surface area contributed by atoms with E-state index in [4.69, 9.17) is 4.74 Å². The number of ether oxygens (including phenoxy) is 1. The Morgan fingerprint density at radius 1 is 1.06 bits per heavy atom. The van der Waals surface area contributed by atoms with Crippen molar-refractivity contribution in [3.8, 4) is 17.5 Å². The fourth-order valence-corrected chi connectivity index (χ4v) is 3.56. The number of nitriles is 1. The van der Waals surface area contributed by atoms with E-state index in [1.165, 1.54) is 6.92 Å². The van der Waals surface area contributed by atoms with Gasteiger partial charge in [0.2, 0.25) is 5.91 Å². The van der Waals surface area contributed by atoms with Gasteiger partial charge >= 0.3 is 0 Å². The van der Waals surface area contributed by atoms with Gasteiger partial charge in [0.05, 0.1) is 6.61 Å². The van der Waals surface area contributed by atoms with Gasteiger partial charge in [-0.1, -0.05) is 6.07 Å². The Morgan fingerprint density at radius 2 is 1.79 bits per heavy atom. The molecule has 0 unspecified atom stereocenters. The number of rotatable bonds is 7. The fourth-order valence-electron chi connectivity index (χ4n) is 3.56. The Labute approximate surface area is 193 Å². The average molecular weight is 443 g/mol. The van der Waals surface area contributed by atoms with Gasteiger partial charge in [0.1, 0.15) is 17.4 Å². The van der Waals surface area contributed by atoms with E-state index in [2.05, 4.69) is 10.6 Å². The molecule has 0 saturated heterocycles. The molecule has 3 rings (SSSR count). The van der Waals surface area contributed by atoms with E-state index in [0.717, 1.165) is 22.6 Å². The zero-order valence-electron chi connectivity index (χ0n) is 19.1. The van der Waals surface area contributed by atoms with Crippen molar-refractivity contribution >= 4 is 29.3 Å². The summed E-state index contributed by atoms with van der Waals surface area (Å²) in [5.41, 5.74) is 4.79. The van der Waals surface area contributed by atoms with Crippen LogP contribution in [0.1, 0.15) is 30.8 Å². The number of nitrogens with one attached hydrogen (secondary N) is 2. The molecule has 2 N–H and O–H groups in total. The molecule has 7 nitrogen and oxygen atoms in total. The van der Waals surface area contributed by atoms with Crippen molar-refractivity contribution < 1.29 is 14.3 Å². The summed E-state index contributed by atoms with van der Waals surface area (Å²) in [6, 6.07) is 18.4. The predicted octanol–water partition coefficient (Wildman–Crippen LogP) is 5.00. The van der Waals surface area contributed by atoms with E-state index >= 15 is 0 Å². The van der Waals surface area contributed by atoms with Crippen LogP contribution in [-0.2, 0) is 9.59 Å². The minimum absolute atomic E-state index is 0.00179. The minimum atomic E-state index is -0.490. The lowest BCUT2D eigenvalue weighted by Crippen LogP contribution is -2.13. The number of amides is 2. The quantitative estimate of drug-likeness (QED) is 0.398. The second kappa shape index (κ2) is 10.3. The summed E-state index contributed by atoms with van der Waals surface area (Å²) in [6.45, 7) is 7.75. The number of benzene rings is 2. The summed E-state index contributed by atoms with van der Waals surface area (Å²) in [5.74, 6) is 0.0249. The Hall–Kier alpha value is -4.31. The standard InChI is InChI=1S/C26H26N4O3/c1-5-33-25-8-6-7-23(15-25)29-26(32)21(16-27)14-20-13-17(2)30(18(20)3)24-11-9-22(10-12-24)28-19(4)31/h6-15H,5H2,1-4H3,(H,28,31)(H,29,32). The van der Waals surface area contributed by atoms with Gasteiger partial charge < -0.3 is 19.9 Å². The van der Waals surface area contributed by atoms with Gasteiger partial charge in [-0.15, -0.1) is 0 Å². The molecular weight excluding hydrogens is 416 g/mol. The third kappa shape index (κ3) is 5.69. The van der Waals surface area contributed by atoms with E-state index in [9.17, 15) is 14.9 Å². The van der Waals surface area contributed by atoms with Crippen molar-refractivity contribution in [3.05, 3.63) is 77.1 Å². The molecule has 0 aliphatic carbocycles. The maximum Gasteiger partial charge on any atom is 0.266 e. The maximum atomic E-state index is 12.7. The molecule has 0 radical (unpaired) electrons. The van der Waals surface area contributed by atoms with Crippen LogP contribution in [0.3, 0.4) is 0 Å². The highest BCUT2D eigenvalue weighted by Gasteiger charge is 2.14. The van der Waals surface area contributed by atoms with Crippen LogP contribution >= 0.6 is 0 Å². The molecule has 33 heavy (non-hydrogen) atoms. The average Bonchev–Trinajstić information content (AvgIpc) is 3.05. The second-order valence-electron chi connectivity index (χ2n) is 7.47. The van der Waals surface area contributed by atoms with E-state index in [0.29, 0.717) is 23.7 Å². The lowest BCUT2D eigenvalue weighted by Gasteiger charge is -2.11. The van der Waals surface area contributed by atoms with E-state index in [1.807, 2.05) is 61.7 Å². The normalized spacial score (nSPS) is 10.9. The number of hydrogen-bond donors (Lipinski definition) is 2. The Morgan fingerprint density at radius 3 is 2.42 bits per heavy atom. The smallest absolute Gasteiger partial charge is 0.266 e. The Balaban J connectivity index is 1.86. The molecule has 0 aliphatic rings. The first-order valence-corrected chi connectivity index (χ1v) is 10.6. The minimum Gasteiger partial charge on any atom is -0.494 e. The predicted molar refractivity (Wildman–Crippen MR) is 129 cm³/mol. The van der Waals surface area contributed by atoms with E-state index in [1.54, 1.807) is 30.3 Å². The van der Waals surface area contributed by atoms with Crippen LogP contribution in [0, 0.1) is 25.2 Å². The zero-order chi connectivity index (χ0) is 24.0. The summed E-state index contributed by atoms with van der Waals surface area (Å²) in [6.07, 6.45) is 1.59. The summed E-state index contributed by atoms with van der Waals surface area (Å²) in [5, 5.41) is 15.1. The van der Waals surface area contributed by atoms with E-state index < -0.39 is 5.91 Å². The highest BCUT2D eigenvalue weighted by atomic mass is 16.5. The number of nitrogens with zero attached hydrogens (tertiary/aromatic N) is 2. The van der Waals surface area contributed by atoms with Crippen LogP contribution < -0.4 is 15.4 Å². The molecule has 0 bridgehead atoms. The van der Waals surface area contributed by atoms with E-state index in [-0.39, 0.29) is 11.5 Å². The zero-order valence-corrected chi connectivity index (χ0v) is 19.1. The van der Waals surface area contributed by atoms with Crippen molar-refractivity contribution in [2.24, 2.45) is 0 Å². The number of carbonyl (C=O) groups excluding carboxylic acids is 2. The molecule has 0 fully saturated rings. The molecule has 168 valence electrons. The maximum absolute atomic E-state index is 12.7. The third-order valence-electron chi connectivity index (χ3n) is 4.98. The molecule has 1 aromatic heterocycles. The Kier molecular flexibility index (Phi) is 7.31. The van der Waals surface area contributed by atoms with Crippen molar-refractivity contribution in [2.75, 3.05) is 17.2 Å². The molecule has 1 heterocycles. The summed E-state index contributed by atoms with van der Waals surface area (Å²) in [7, 11) is 0. The molecule has 2 amide bonds. The van der Waals surface area contributed by atoms with Crippen molar-refractivity contribution in [3.63, 3.8) is 0 Å². The second-order valence-corrected chi connectivity index (χ2v) is 7.47.